The molecular formula is C18H17N3. The lowest BCUT2D eigenvalue weighted by atomic mass is 10.0. The number of hydrogen-bond donors (Lipinski definition) is 1. The Morgan fingerprint density at radius 2 is 1.81 bits per heavy atom. The summed E-state index contributed by atoms with van der Waals surface area (Å²) in [4.78, 5) is 0. The summed E-state index contributed by atoms with van der Waals surface area (Å²) < 4.78 is 2.09. The molecule has 2 heterocycles. The molecule has 1 aromatic heterocycles. The zero-order valence-electron chi connectivity index (χ0n) is 12.2. The Morgan fingerprint density at radius 1 is 1.00 bits per heavy atom. The number of nitrogens with zero attached hydrogens (tertiary/aromatic N) is 2. The van der Waals surface area contributed by atoms with Gasteiger partial charge < -0.3 is 5.32 Å². The van der Waals surface area contributed by atoms with Gasteiger partial charge in [-0.2, -0.15) is 5.10 Å². The van der Waals surface area contributed by atoms with Gasteiger partial charge in [0, 0.05) is 11.3 Å². The fraction of sp³-hybridized carbons (Fsp3) is 0.167. The van der Waals surface area contributed by atoms with E-state index >= 15 is 0 Å². The van der Waals surface area contributed by atoms with Crippen LogP contribution >= 0.6 is 0 Å². The summed E-state index contributed by atoms with van der Waals surface area (Å²) in [5.41, 5.74) is 7.10. The Labute approximate surface area is 124 Å². The van der Waals surface area contributed by atoms with Gasteiger partial charge in [-0.15, -0.1) is 0 Å². The van der Waals surface area contributed by atoms with Crippen LogP contribution in [0, 0.1) is 13.8 Å². The number of benzene rings is 2. The van der Waals surface area contributed by atoms with Crippen LogP contribution in [-0.4, -0.2) is 9.78 Å². The number of nitrogens with one attached hydrogen (secondary N) is 1. The zero-order valence-corrected chi connectivity index (χ0v) is 12.2. The van der Waals surface area contributed by atoms with Crippen molar-refractivity contribution in [3.8, 4) is 11.3 Å². The summed E-state index contributed by atoms with van der Waals surface area (Å²) in [6.07, 6.45) is 0.0464. The largest absolute Gasteiger partial charge is 0.359 e. The molecule has 1 aliphatic heterocycles. The van der Waals surface area contributed by atoms with Crippen molar-refractivity contribution in [2.24, 2.45) is 0 Å². The molecule has 1 aliphatic rings. The van der Waals surface area contributed by atoms with Crippen molar-refractivity contribution in [1.82, 2.24) is 9.78 Å². The second kappa shape index (κ2) is 4.48. The lowest BCUT2D eigenvalue weighted by Gasteiger charge is -2.29. The van der Waals surface area contributed by atoms with Crippen molar-refractivity contribution in [3.63, 3.8) is 0 Å². The van der Waals surface area contributed by atoms with E-state index in [9.17, 15) is 0 Å². The average molecular weight is 275 g/mol. The first kappa shape index (κ1) is 12.2. The van der Waals surface area contributed by atoms with Crippen LogP contribution in [0.4, 0.5) is 5.69 Å². The molecule has 3 aromatic rings. The van der Waals surface area contributed by atoms with Crippen molar-refractivity contribution in [1.29, 1.82) is 0 Å². The fourth-order valence-electron chi connectivity index (χ4n) is 2.98. The minimum Gasteiger partial charge on any atom is -0.359 e. The van der Waals surface area contributed by atoms with E-state index in [2.05, 4.69) is 65.5 Å². The van der Waals surface area contributed by atoms with Gasteiger partial charge in [-0.05, 0) is 37.6 Å². The SMILES string of the molecule is Cc1ccc2c(c1)-c1cc(C)nn1C(c1ccccc1)N2. The fourth-order valence-corrected chi connectivity index (χ4v) is 2.98. The quantitative estimate of drug-likeness (QED) is 0.723. The van der Waals surface area contributed by atoms with Gasteiger partial charge >= 0.3 is 0 Å². The highest BCUT2D eigenvalue weighted by atomic mass is 15.4. The molecule has 0 saturated heterocycles. The predicted molar refractivity (Wildman–Crippen MR) is 85.3 cm³/mol. The molecule has 2 aromatic carbocycles. The van der Waals surface area contributed by atoms with Crippen molar-refractivity contribution < 1.29 is 0 Å². The minimum absolute atomic E-state index is 0.0464. The number of rotatable bonds is 1. The summed E-state index contributed by atoms with van der Waals surface area (Å²) in [7, 11) is 0. The van der Waals surface area contributed by atoms with Crippen molar-refractivity contribution >= 4 is 5.69 Å². The van der Waals surface area contributed by atoms with E-state index in [1.165, 1.54) is 28.1 Å². The number of aryl methyl sites for hydroxylation is 2. The van der Waals surface area contributed by atoms with E-state index in [1.807, 2.05) is 13.0 Å². The summed E-state index contributed by atoms with van der Waals surface area (Å²) in [6.45, 7) is 4.17. The minimum atomic E-state index is 0.0464. The van der Waals surface area contributed by atoms with Crippen LogP contribution in [0.3, 0.4) is 0 Å². The van der Waals surface area contributed by atoms with Gasteiger partial charge in [-0.3, -0.25) is 0 Å². The first-order valence-electron chi connectivity index (χ1n) is 7.21. The van der Waals surface area contributed by atoms with Crippen molar-refractivity contribution in [2.45, 2.75) is 20.0 Å². The smallest absolute Gasteiger partial charge is 0.147 e. The average Bonchev–Trinajstić information content (AvgIpc) is 2.89. The molecule has 0 amide bonds. The van der Waals surface area contributed by atoms with E-state index < -0.39 is 0 Å². The first-order chi connectivity index (χ1) is 10.2. The molecule has 0 radical (unpaired) electrons. The van der Waals surface area contributed by atoms with Crippen LogP contribution in [0.15, 0.2) is 54.6 Å². The maximum Gasteiger partial charge on any atom is 0.147 e. The molecule has 0 saturated carbocycles. The van der Waals surface area contributed by atoms with Crippen LogP contribution in [-0.2, 0) is 0 Å². The van der Waals surface area contributed by atoms with Gasteiger partial charge in [0.1, 0.15) is 6.17 Å². The molecule has 1 atom stereocenters. The lowest BCUT2D eigenvalue weighted by molar-refractivity contribution is 0.571. The van der Waals surface area contributed by atoms with Gasteiger partial charge in [0.2, 0.25) is 0 Å². The summed E-state index contributed by atoms with van der Waals surface area (Å²) in [6, 6.07) is 19.1. The molecule has 21 heavy (non-hydrogen) atoms. The molecule has 104 valence electrons. The van der Waals surface area contributed by atoms with Crippen LogP contribution in [0.2, 0.25) is 0 Å². The molecule has 3 heteroatoms. The van der Waals surface area contributed by atoms with Crippen LogP contribution in [0.25, 0.3) is 11.3 Å². The van der Waals surface area contributed by atoms with Gasteiger partial charge in [-0.1, -0.05) is 42.0 Å². The molecule has 0 spiro atoms. The molecule has 4 rings (SSSR count). The normalized spacial score (nSPS) is 16.0. The molecular weight excluding hydrogens is 258 g/mol. The van der Waals surface area contributed by atoms with Crippen LogP contribution < -0.4 is 5.32 Å². The lowest BCUT2D eigenvalue weighted by Crippen LogP contribution is -2.25. The van der Waals surface area contributed by atoms with E-state index in [0.717, 1.165) is 5.69 Å². The van der Waals surface area contributed by atoms with Crippen molar-refractivity contribution in [3.05, 3.63) is 71.4 Å². The maximum absolute atomic E-state index is 4.69. The third-order valence-electron chi connectivity index (χ3n) is 3.96. The first-order valence-corrected chi connectivity index (χ1v) is 7.21. The second-order valence-electron chi connectivity index (χ2n) is 5.62. The third-order valence-corrected chi connectivity index (χ3v) is 3.96. The van der Waals surface area contributed by atoms with Crippen LogP contribution in [0.5, 0.6) is 0 Å². The summed E-state index contributed by atoms with van der Waals surface area (Å²) in [5, 5.41) is 8.30. The number of aromatic nitrogens is 2. The van der Waals surface area contributed by atoms with Gasteiger partial charge in [-0.25, -0.2) is 4.68 Å². The monoisotopic (exact) mass is 275 g/mol. The number of fused-ring (bicyclic) bond motifs is 3. The Hall–Kier alpha value is -2.55. The van der Waals surface area contributed by atoms with Gasteiger partial charge in [0.15, 0.2) is 0 Å². The second-order valence-corrected chi connectivity index (χ2v) is 5.62. The van der Waals surface area contributed by atoms with Gasteiger partial charge in [0.25, 0.3) is 0 Å². The highest BCUT2D eigenvalue weighted by Crippen LogP contribution is 2.38. The standard InChI is InChI=1S/C18H17N3/c1-12-8-9-16-15(10-12)17-11-13(2)20-21(17)18(19-16)14-6-4-3-5-7-14/h3-11,18-19H,1-2H3. The Balaban J connectivity index is 1.93. The molecule has 0 fully saturated rings. The Bertz CT molecular complexity index is 803. The highest BCUT2D eigenvalue weighted by Gasteiger charge is 2.26. The maximum atomic E-state index is 4.69. The molecule has 0 aliphatic carbocycles. The summed E-state index contributed by atoms with van der Waals surface area (Å²) in [5.74, 6) is 0. The number of hydrogen-bond acceptors (Lipinski definition) is 2. The van der Waals surface area contributed by atoms with E-state index in [1.54, 1.807) is 0 Å². The van der Waals surface area contributed by atoms with Gasteiger partial charge in [0.05, 0.1) is 11.4 Å². The summed E-state index contributed by atoms with van der Waals surface area (Å²) >= 11 is 0. The van der Waals surface area contributed by atoms with Crippen LogP contribution in [0.1, 0.15) is 23.0 Å². The van der Waals surface area contributed by atoms with Crippen molar-refractivity contribution in [2.75, 3.05) is 5.32 Å². The van der Waals surface area contributed by atoms with E-state index in [0.29, 0.717) is 0 Å². The number of anilines is 1. The Kier molecular flexibility index (Phi) is 2.61. The van der Waals surface area contributed by atoms with E-state index in [-0.39, 0.29) is 6.17 Å². The van der Waals surface area contributed by atoms with E-state index in [4.69, 9.17) is 5.10 Å². The predicted octanol–water partition coefficient (Wildman–Crippen LogP) is 4.14. The zero-order chi connectivity index (χ0) is 14.4. The highest BCUT2D eigenvalue weighted by molar-refractivity contribution is 5.79. The Morgan fingerprint density at radius 3 is 2.62 bits per heavy atom. The molecule has 1 N–H and O–H groups in total. The molecule has 3 nitrogen and oxygen atoms in total. The third kappa shape index (κ3) is 1.93. The molecule has 1 unspecified atom stereocenters. The molecule has 0 bridgehead atoms. The topological polar surface area (TPSA) is 29.9 Å².